The van der Waals surface area contributed by atoms with Crippen molar-refractivity contribution in [1.82, 2.24) is 20.1 Å². The molecule has 0 saturated heterocycles. The number of hydrogen-bond donors (Lipinski definition) is 1. The number of aromatic nitrogens is 4. The average molecular weight is 359 g/mol. The number of amides is 1. The van der Waals surface area contributed by atoms with E-state index in [9.17, 15) is 4.79 Å². The lowest BCUT2D eigenvalue weighted by atomic mass is 10.1. The zero-order valence-corrected chi connectivity index (χ0v) is 15.1. The van der Waals surface area contributed by atoms with Gasteiger partial charge in [-0.15, -0.1) is 0 Å². The van der Waals surface area contributed by atoms with Gasteiger partial charge < -0.3 is 9.84 Å². The van der Waals surface area contributed by atoms with Crippen LogP contribution in [0.1, 0.15) is 27.4 Å². The third-order valence-electron chi connectivity index (χ3n) is 4.29. The largest absolute Gasteiger partial charge is 0.360 e. The van der Waals surface area contributed by atoms with E-state index >= 15 is 0 Å². The highest BCUT2D eigenvalue weighted by molar-refractivity contribution is 6.08. The number of aryl methyl sites for hydroxylation is 3. The second-order valence-electron chi connectivity index (χ2n) is 6.30. The Bertz CT molecular complexity index is 1150. The van der Waals surface area contributed by atoms with E-state index in [1.807, 2.05) is 26.0 Å². The number of rotatable bonds is 3. The van der Waals surface area contributed by atoms with E-state index < -0.39 is 0 Å². The van der Waals surface area contributed by atoms with E-state index in [1.54, 1.807) is 37.5 Å². The number of fused-ring (bicyclic) bond motifs is 1. The van der Waals surface area contributed by atoms with Crippen LogP contribution in [0.4, 0.5) is 5.82 Å². The summed E-state index contributed by atoms with van der Waals surface area (Å²) >= 11 is 0. The summed E-state index contributed by atoms with van der Waals surface area (Å²) in [5, 5.41) is 7.80. The molecular formula is C20H17N5O2. The van der Waals surface area contributed by atoms with Crippen LogP contribution in [-0.2, 0) is 0 Å². The van der Waals surface area contributed by atoms with Crippen LogP contribution in [0.5, 0.6) is 0 Å². The molecule has 134 valence electrons. The number of nitrogens with one attached hydrogen (secondary N) is 1. The second-order valence-corrected chi connectivity index (χ2v) is 6.30. The quantitative estimate of drug-likeness (QED) is 0.597. The first kappa shape index (κ1) is 16.8. The lowest BCUT2D eigenvalue weighted by molar-refractivity contribution is 0.102. The van der Waals surface area contributed by atoms with Crippen molar-refractivity contribution in [3.63, 3.8) is 0 Å². The highest BCUT2D eigenvalue weighted by atomic mass is 16.5. The molecule has 0 aliphatic carbocycles. The number of carbonyl (C=O) groups excluding carboxylic acids is 1. The van der Waals surface area contributed by atoms with Gasteiger partial charge in [-0.25, -0.2) is 9.97 Å². The van der Waals surface area contributed by atoms with Crippen LogP contribution in [0, 0.1) is 20.8 Å². The molecule has 0 radical (unpaired) electrons. The highest BCUT2D eigenvalue weighted by Crippen LogP contribution is 2.26. The van der Waals surface area contributed by atoms with Crippen molar-refractivity contribution in [3.05, 3.63) is 65.3 Å². The summed E-state index contributed by atoms with van der Waals surface area (Å²) in [6.07, 6.45) is 3.28. The molecule has 0 atom stereocenters. The Balaban J connectivity index is 1.69. The molecule has 4 aromatic rings. The zero-order valence-electron chi connectivity index (χ0n) is 15.1. The van der Waals surface area contributed by atoms with Crippen LogP contribution in [0.25, 0.3) is 22.3 Å². The van der Waals surface area contributed by atoms with Gasteiger partial charge in [-0.05, 0) is 56.7 Å². The van der Waals surface area contributed by atoms with Crippen LogP contribution >= 0.6 is 0 Å². The van der Waals surface area contributed by atoms with Crippen LogP contribution < -0.4 is 5.32 Å². The summed E-state index contributed by atoms with van der Waals surface area (Å²) in [6.45, 7) is 5.63. The number of hydrogen-bond acceptors (Lipinski definition) is 6. The summed E-state index contributed by atoms with van der Waals surface area (Å²) in [5.41, 5.74) is 4.17. The van der Waals surface area contributed by atoms with Gasteiger partial charge in [-0.2, -0.15) is 0 Å². The minimum atomic E-state index is -0.336. The maximum atomic E-state index is 12.9. The SMILES string of the molecule is Cc1cc(C)c2ccc(NC(=O)c3c(-c4ccncc4)noc3C)nc2n1. The Hall–Kier alpha value is -3.61. The third-order valence-corrected chi connectivity index (χ3v) is 4.29. The summed E-state index contributed by atoms with van der Waals surface area (Å²) < 4.78 is 5.25. The number of anilines is 1. The first-order valence-corrected chi connectivity index (χ1v) is 8.46. The van der Waals surface area contributed by atoms with Crippen molar-refractivity contribution < 1.29 is 9.32 Å². The van der Waals surface area contributed by atoms with Gasteiger partial charge in [-0.3, -0.25) is 9.78 Å². The smallest absolute Gasteiger partial charge is 0.262 e. The zero-order chi connectivity index (χ0) is 19.0. The predicted molar refractivity (Wildman–Crippen MR) is 101 cm³/mol. The molecule has 0 fully saturated rings. The summed E-state index contributed by atoms with van der Waals surface area (Å²) in [6, 6.07) is 9.22. The fraction of sp³-hybridized carbons (Fsp3) is 0.150. The fourth-order valence-corrected chi connectivity index (χ4v) is 3.03. The van der Waals surface area contributed by atoms with Crippen LogP contribution in [0.3, 0.4) is 0 Å². The third kappa shape index (κ3) is 3.15. The number of pyridine rings is 3. The van der Waals surface area contributed by atoms with Crippen molar-refractivity contribution in [2.75, 3.05) is 5.32 Å². The summed E-state index contributed by atoms with van der Waals surface area (Å²) in [5.74, 6) is 0.521. The topological polar surface area (TPSA) is 93.8 Å². The van der Waals surface area contributed by atoms with E-state index in [-0.39, 0.29) is 5.91 Å². The molecule has 4 aromatic heterocycles. The molecule has 0 saturated carbocycles. The molecule has 0 aromatic carbocycles. The van der Waals surface area contributed by atoms with Gasteiger partial charge in [0, 0.05) is 29.0 Å². The molecule has 1 amide bonds. The van der Waals surface area contributed by atoms with Gasteiger partial charge in [0.05, 0.1) is 0 Å². The van der Waals surface area contributed by atoms with Crippen LogP contribution in [0.2, 0.25) is 0 Å². The summed E-state index contributed by atoms with van der Waals surface area (Å²) in [7, 11) is 0. The van der Waals surface area contributed by atoms with E-state index in [0.29, 0.717) is 28.5 Å². The predicted octanol–water partition coefficient (Wildman–Crippen LogP) is 3.86. The van der Waals surface area contributed by atoms with Crippen molar-refractivity contribution in [2.24, 2.45) is 0 Å². The molecule has 0 unspecified atom stereocenters. The van der Waals surface area contributed by atoms with E-state index in [4.69, 9.17) is 4.52 Å². The molecule has 7 heteroatoms. The Kier molecular flexibility index (Phi) is 4.12. The maximum Gasteiger partial charge on any atom is 0.262 e. The molecule has 27 heavy (non-hydrogen) atoms. The lowest BCUT2D eigenvalue weighted by Crippen LogP contribution is -2.14. The molecule has 1 N–H and O–H groups in total. The van der Waals surface area contributed by atoms with Gasteiger partial charge in [0.2, 0.25) is 0 Å². The first-order chi connectivity index (χ1) is 13.0. The van der Waals surface area contributed by atoms with Crippen molar-refractivity contribution in [2.45, 2.75) is 20.8 Å². The van der Waals surface area contributed by atoms with Crippen LogP contribution in [-0.4, -0.2) is 26.0 Å². The minimum Gasteiger partial charge on any atom is -0.360 e. The van der Waals surface area contributed by atoms with Crippen molar-refractivity contribution >= 4 is 22.8 Å². The maximum absolute atomic E-state index is 12.9. The Morgan fingerprint density at radius 3 is 2.59 bits per heavy atom. The standard InChI is InChI=1S/C20H17N5O2/c1-11-10-12(2)22-19-15(11)4-5-16(23-19)24-20(26)17-13(3)27-25-18(17)14-6-8-21-9-7-14/h4-10H,1-3H3,(H,22,23,24,26). The van der Waals surface area contributed by atoms with E-state index in [1.165, 1.54) is 0 Å². The molecule has 0 spiro atoms. The lowest BCUT2D eigenvalue weighted by Gasteiger charge is -2.08. The second kappa shape index (κ2) is 6.60. The summed E-state index contributed by atoms with van der Waals surface area (Å²) in [4.78, 5) is 25.8. The number of nitrogens with zero attached hydrogens (tertiary/aromatic N) is 4. The fourth-order valence-electron chi connectivity index (χ4n) is 3.03. The molecule has 7 nitrogen and oxygen atoms in total. The molecule has 4 heterocycles. The van der Waals surface area contributed by atoms with Gasteiger partial charge in [-0.1, -0.05) is 5.16 Å². The molecule has 0 aliphatic heterocycles. The Labute approximate surface area is 155 Å². The Morgan fingerprint density at radius 1 is 1.04 bits per heavy atom. The number of carbonyl (C=O) groups is 1. The van der Waals surface area contributed by atoms with Gasteiger partial charge in [0.1, 0.15) is 22.8 Å². The Morgan fingerprint density at radius 2 is 1.81 bits per heavy atom. The highest BCUT2D eigenvalue weighted by Gasteiger charge is 2.22. The molecule has 0 bridgehead atoms. The minimum absolute atomic E-state index is 0.336. The van der Waals surface area contributed by atoms with E-state index in [2.05, 4.69) is 25.4 Å². The van der Waals surface area contributed by atoms with Gasteiger partial charge in [0.25, 0.3) is 5.91 Å². The van der Waals surface area contributed by atoms with Crippen LogP contribution in [0.15, 0.2) is 47.2 Å². The first-order valence-electron chi connectivity index (χ1n) is 8.46. The van der Waals surface area contributed by atoms with E-state index in [0.717, 1.165) is 22.2 Å². The van der Waals surface area contributed by atoms with Gasteiger partial charge in [0.15, 0.2) is 5.65 Å². The normalized spacial score (nSPS) is 10.9. The van der Waals surface area contributed by atoms with Crippen molar-refractivity contribution in [1.29, 1.82) is 0 Å². The molecule has 0 aliphatic rings. The van der Waals surface area contributed by atoms with Crippen molar-refractivity contribution in [3.8, 4) is 11.3 Å². The average Bonchev–Trinajstić information content (AvgIpc) is 3.03. The molecule has 4 rings (SSSR count). The van der Waals surface area contributed by atoms with Gasteiger partial charge >= 0.3 is 0 Å². The monoisotopic (exact) mass is 359 g/mol. The molecular weight excluding hydrogens is 342 g/mol.